The third kappa shape index (κ3) is 3.97. The molecule has 0 radical (unpaired) electrons. The van der Waals surface area contributed by atoms with Gasteiger partial charge in [0.1, 0.15) is 5.82 Å². The first-order valence-electron chi connectivity index (χ1n) is 8.28. The van der Waals surface area contributed by atoms with Gasteiger partial charge in [0.15, 0.2) is 0 Å². The third-order valence-electron chi connectivity index (χ3n) is 4.96. The Labute approximate surface area is 128 Å². The van der Waals surface area contributed by atoms with Crippen LogP contribution in [0.15, 0.2) is 18.2 Å². The van der Waals surface area contributed by atoms with Gasteiger partial charge in [-0.3, -0.25) is 0 Å². The predicted octanol–water partition coefficient (Wildman–Crippen LogP) is 4.12. The van der Waals surface area contributed by atoms with Gasteiger partial charge in [-0.05, 0) is 56.1 Å². The minimum atomic E-state index is -0.114. The van der Waals surface area contributed by atoms with Gasteiger partial charge in [0.2, 0.25) is 0 Å². The maximum atomic E-state index is 14.4. The Kier molecular flexibility index (Phi) is 5.63. The van der Waals surface area contributed by atoms with E-state index in [-0.39, 0.29) is 11.9 Å². The van der Waals surface area contributed by atoms with E-state index in [2.05, 4.69) is 18.7 Å². The summed E-state index contributed by atoms with van der Waals surface area (Å²) < 4.78 is 14.4. The molecule has 21 heavy (non-hydrogen) atoms. The van der Waals surface area contributed by atoms with E-state index in [9.17, 15) is 4.39 Å². The summed E-state index contributed by atoms with van der Waals surface area (Å²) in [5.74, 6) is 0.695. The summed E-state index contributed by atoms with van der Waals surface area (Å²) in [6.07, 6.45) is 6.47. The number of benzene rings is 1. The zero-order chi connectivity index (χ0) is 15.4. The maximum Gasteiger partial charge on any atom is 0.146 e. The molecule has 0 amide bonds. The molecule has 2 rings (SSSR count). The van der Waals surface area contributed by atoms with Crippen molar-refractivity contribution in [3.05, 3.63) is 29.6 Å². The van der Waals surface area contributed by atoms with Crippen LogP contribution in [0.3, 0.4) is 0 Å². The molecule has 0 heterocycles. The Bertz CT molecular complexity index is 453. The zero-order valence-corrected chi connectivity index (χ0v) is 13.6. The Hall–Kier alpha value is -1.09. The van der Waals surface area contributed by atoms with E-state index >= 15 is 0 Å². The van der Waals surface area contributed by atoms with Gasteiger partial charge in [-0.15, -0.1) is 0 Å². The number of para-hydroxylation sites is 1. The Morgan fingerprint density at radius 1 is 1.29 bits per heavy atom. The van der Waals surface area contributed by atoms with Crippen LogP contribution in [0, 0.1) is 11.7 Å². The summed E-state index contributed by atoms with van der Waals surface area (Å²) >= 11 is 0. The third-order valence-corrected chi connectivity index (χ3v) is 4.96. The largest absolute Gasteiger partial charge is 0.369 e. The fourth-order valence-electron chi connectivity index (χ4n) is 3.36. The van der Waals surface area contributed by atoms with E-state index in [0.29, 0.717) is 6.04 Å². The Balaban J connectivity index is 2.20. The molecule has 118 valence electrons. The van der Waals surface area contributed by atoms with Gasteiger partial charge in [-0.25, -0.2) is 4.39 Å². The number of nitrogens with zero attached hydrogens (tertiary/aromatic N) is 1. The van der Waals surface area contributed by atoms with Gasteiger partial charge >= 0.3 is 0 Å². The van der Waals surface area contributed by atoms with Gasteiger partial charge in [0.25, 0.3) is 0 Å². The molecule has 0 spiro atoms. The molecule has 2 nitrogen and oxygen atoms in total. The number of hydrogen-bond acceptors (Lipinski definition) is 2. The van der Waals surface area contributed by atoms with E-state index in [1.807, 2.05) is 13.1 Å². The molecule has 1 atom stereocenters. The standard InChI is InChI=1S/C18H29FN2/c1-4-15(20)12-14-6-5-7-17(19)18(14)21(3)16-10-8-13(2)9-11-16/h5-7,13,15-16H,4,8-12,20H2,1-3H3. The van der Waals surface area contributed by atoms with E-state index in [1.54, 1.807) is 12.1 Å². The molecule has 1 aromatic rings. The van der Waals surface area contributed by atoms with E-state index in [1.165, 1.54) is 12.8 Å². The van der Waals surface area contributed by atoms with Gasteiger partial charge in [-0.2, -0.15) is 0 Å². The van der Waals surface area contributed by atoms with Crippen LogP contribution in [0.2, 0.25) is 0 Å². The first-order valence-corrected chi connectivity index (χ1v) is 8.28. The number of nitrogens with two attached hydrogens (primary N) is 1. The second kappa shape index (κ2) is 7.26. The van der Waals surface area contributed by atoms with Gasteiger partial charge in [0.05, 0.1) is 5.69 Å². The second-order valence-electron chi connectivity index (χ2n) is 6.64. The Morgan fingerprint density at radius 2 is 1.95 bits per heavy atom. The predicted molar refractivity (Wildman–Crippen MR) is 88.2 cm³/mol. The van der Waals surface area contributed by atoms with Crippen molar-refractivity contribution >= 4 is 5.69 Å². The molecule has 1 aromatic carbocycles. The highest BCUT2D eigenvalue weighted by atomic mass is 19.1. The fourth-order valence-corrected chi connectivity index (χ4v) is 3.36. The summed E-state index contributed by atoms with van der Waals surface area (Å²) in [5, 5.41) is 0. The maximum absolute atomic E-state index is 14.4. The molecule has 1 saturated carbocycles. The number of anilines is 1. The number of hydrogen-bond donors (Lipinski definition) is 1. The molecule has 2 N–H and O–H groups in total. The molecular formula is C18H29FN2. The molecule has 1 aliphatic carbocycles. The van der Waals surface area contributed by atoms with Crippen molar-refractivity contribution in [1.82, 2.24) is 0 Å². The average molecular weight is 292 g/mol. The highest BCUT2D eigenvalue weighted by Crippen LogP contribution is 2.33. The molecule has 1 aliphatic rings. The van der Waals surface area contributed by atoms with E-state index < -0.39 is 0 Å². The quantitative estimate of drug-likeness (QED) is 0.884. The van der Waals surface area contributed by atoms with Crippen molar-refractivity contribution < 1.29 is 4.39 Å². The lowest BCUT2D eigenvalue weighted by Gasteiger charge is -2.36. The van der Waals surface area contributed by atoms with Crippen molar-refractivity contribution in [3.63, 3.8) is 0 Å². The van der Waals surface area contributed by atoms with Gasteiger partial charge < -0.3 is 10.6 Å². The van der Waals surface area contributed by atoms with Crippen LogP contribution >= 0.6 is 0 Å². The lowest BCUT2D eigenvalue weighted by molar-refractivity contribution is 0.339. The van der Waals surface area contributed by atoms with Crippen LogP contribution in [0.1, 0.15) is 51.5 Å². The van der Waals surface area contributed by atoms with Crippen LogP contribution in [0.25, 0.3) is 0 Å². The van der Waals surface area contributed by atoms with E-state index in [4.69, 9.17) is 5.73 Å². The minimum absolute atomic E-state index is 0.102. The zero-order valence-electron chi connectivity index (χ0n) is 13.6. The topological polar surface area (TPSA) is 29.3 Å². The second-order valence-corrected chi connectivity index (χ2v) is 6.64. The Morgan fingerprint density at radius 3 is 2.57 bits per heavy atom. The average Bonchev–Trinajstić information content (AvgIpc) is 2.47. The van der Waals surface area contributed by atoms with Crippen LogP contribution < -0.4 is 10.6 Å². The van der Waals surface area contributed by atoms with Crippen molar-refractivity contribution in [3.8, 4) is 0 Å². The first kappa shape index (κ1) is 16.3. The van der Waals surface area contributed by atoms with Crippen molar-refractivity contribution in [1.29, 1.82) is 0 Å². The molecule has 0 aromatic heterocycles. The first-order chi connectivity index (χ1) is 10.0. The highest BCUT2D eigenvalue weighted by Gasteiger charge is 2.25. The molecule has 0 aliphatic heterocycles. The van der Waals surface area contributed by atoms with Crippen molar-refractivity contribution in [2.24, 2.45) is 11.7 Å². The number of halogens is 1. The van der Waals surface area contributed by atoms with Gasteiger partial charge in [0, 0.05) is 19.1 Å². The monoisotopic (exact) mass is 292 g/mol. The minimum Gasteiger partial charge on any atom is -0.369 e. The summed E-state index contributed by atoms with van der Waals surface area (Å²) in [5.41, 5.74) is 7.89. The molecule has 0 bridgehead atoms. The SMILES string of the molecule is CCC(N)Cc1cccc(F)c1N(C)C1CCC(C)CC1. The summed E-state index contributed by atoms with van der Waals surface area (Å²) in [4.78, 5) is 2.17. The highest BCUT2D eigenvalue weighted by molar-refractivity contribution is 5.55. The molecule has 1 unspecified atom stereocenters. The van der Waals surface area contributed by atoms with E-state index in [0.717, 1.165) is 42.9 Å². The lowest BCUT2D eigenvalue weighted by atomic mass is 9.86. The summed E-state index contributed by atoms with van der Waals surface area (Å²) in [6, 6.07) is 5.95. The molecular weight excluding hydrogens is 263 g/mol. The normalized spacial score (nSPS) is 23.9. The molecule has 0 saturated heterocycles. The molecule has 3 heteroatoms. The van der Waals surface area contributed by atoms with Crippen molar-refractivity contribution in [2.45, 2.75) is 64.5 Å². The van der Waals surface area contributed by atoms with Crippen LogP contribution in [-0.4, -0.2) is 19.1 Å². The summed E-state index contributed by atoms with van der Waals surface area (Å²) in [6.45, 7) is 4.39. The lowest BCUT2D eigenvalue weighted by Crippen LogP contribution is -2.36. The van der Waals surface area contributed by atoms with Gasteiger partial charge in [-0.1, -0.05) is 26.0 Å². The van der Waals surface area contributed by atoms with Crippen LogP contribution in [0.5, 0.6) is 0 Å². The fraction of sp³-hybridized carbons (Fsp3) is 0.667. The van der Waals surface area contributed by atoms with Crippen molar-refractivity contribution in [2.75, 3.05) is 11.9 Å². The molecule has 1 fully saturated rings. The van der Waals surface area contributed by atoms with Crippen LogP contribution in [0.4, 0.5) is 10.1 Å². The summed E-state index contributed by atoms with van der Waals surface area (Å²) in [7, 11) is 2.04. The smallest absolute Gasteiger partial charge is 0.146 e. The van der Waals surface area contributed by atoms with Crippen LogP contribution in [-0.2, 0) is 6.42 Å². The number of rotatable bonds is 5.